The summed E-state index contributed by atoms with van der Waals surface area (Å²) < 4.78 is 0. The maximum Gasteiger partial charge on any atom is 0.137 e. The van der Waals surface area contributed by atoms with Gasteiger partial charge in [0.05, 0.1) is 10.8 Å². The fraction of sp³-hybridized carbons (Fsp3) is 0.200. The van der Waals surface area contributed by atoms with Crippen LogP contribution in [0.1, 0.15) is 5.82 Å². The third-order valence-electron chi connectivity index (χ3n) is 0.815. The molecule has 0 fully saturated rings. The van der Waals surface area contributed by atoms with Crippen LogP contribution < -0.4 is 0 Å². The molecule has 2 nitrogen and oxygen atoms in total. The normalized spacial score (nSPS) is 9.56. The number of rotatable bonds is 1. The molecule has 1 aromatic rings. The third-order valence-corrected chi connectivity index (χ3v) is 1.29. The molecule has 0 atom stereocenters. The molecule has 0 aromatic carbocycles. The van der Waals surface area contributed by atoms with Gasteiger partial charge in [0.1, 0.15) is 5.82 Å². The maximum atomic E-state index is 5.52. The van der Waals surface area contributed by atoms with Crippen LogP contribution in [-0.4, -0.2) is 9.97 Å². The SMILES string of the molecule is SCc1ncc(Cl)cn1. The van der Waals surface area contributed by atoms with Gasteiger partial charge >= 0.3 is 0 Å². The van der Waals surface area contributed by atoms with Gasteiger partial charge in [-0.15, -0.1) is 0 Å². The van der Waals surface area contributed by atoms with Crippen molar-refractivity contribution in [1.29, 1.82) is 0 Å². The standard InChI is InChI=1S/C5H5ClN2S/c6-4-1-7-5(3-9)8-2-4/h1-2,9H,3H2. The van der Waals surface area contributed by atoms with Crippen LogP contribution >= 0.6 is 24.2 Å². The van der Waals surface area contributed by atoms with E-state index < -0.39 is 0 Å². The molecule has 0 aliphatic rings. The Morgan fingerprint density at radius 3 is 2.44 bits per heavy atom. The first-order chi connectivity index (χ1) is 4.33. The number of aromatic nitrogens is 2. The first kappa shape index (κ1) is 6.83. The zero-order valence-electron chi connectivity index (χ0n) is 4.58. The molecule has 48 valence electrons. The summed E-state index contributed by atoms with van der Waals surface area (Å²) in [5, 5.41) is 0.556. The summed E-state index contributed by atoms with van der Waals surface area (Å²) in [6.07, 6.45) is 3.11. The highest BCUT2D eigenvalue weighted by molar-refractivity contribution is 7.79. The van der Waals surface area contributed by atoms with Gasteiger partial charge in [0.25, 0.3) is 0 Å². The molecule has 0 amide bonds. The zero-order valence-corrected chi connectivity index (χ0v) is 6.23. The Morgan fingerprint density at radius 2 is 2.00 bits per heavy atom. The lowest BCUT2D eigenvalue weighted by Gasteiger charge is -1.90. The van der Waals surface area contributed by atoms with E-state index in [2.05, 4.69) is 22.6 Å². The minimum Gasteiger partial charge on any atom is -0.239 e. The molecular formula is C5H5ClN2S. The van der Waals surface area contributed by atoms with Gasteiger partial charge < -0.3 is 0 Å². The van der Waals surface area contributed by atoms with Crippen LogP contribution in [0, 0.1) is 0 Å². The molecule has 1 rings (SSSR count). The van der Waals surface area contributed by atoms with E-state index in [0.717, 1.165) is 0 Å². The molecule has 0 bridgehead atoms. The Hall–Kier alpha value is -0.280. The van der Waals surface area contributed by atoms with Crippen molar-refractivity contribution in [2.75, 3.05) is 0 Å². The Kier molecular flexibility index (Phi) is 2.30. The van der Waals surface area contributed by atoms with Crippen LogP contribution in [0.3, 0.4) is 0 Å². The summed E-state index contributed by atoms with van der Waals surface area (Å²) >= 11 is 9.49. The van der Waals surface area contributed by atoms with Gasteiger partial charge in [-0.2, -0.15) is 12.6 Å². The highest BCUT2D eigenvalue weighted by atomic mass is 35.5. The number of hydrogen-bond acceptors (Lipinski definition) is 3. The van der Waals surface area contributed by atoms with Crippen LogP contribution in [0.25, 0.3) is 0 Å². The smallest absolute Gasteiger partial charge is 0.137 e. The third kappa shape index (κ3) is 1.84. The van der Waals surface area contributed by atoms with E-state index in [1.54, 1.807) is 12.4 Å². The summed E-state index contributed by atoms with van der Waals surface area (Å²) in [5.41, 5.74) is 0. The second kappa shape index (κ2) is 3.03. The van der Waals surface area contributed by atoms with Crippen molar-refractivity contribution in [3.63, 3.8) is 0 Å². The Balaban J connectivity index is 2.88. The van der Waals surface area contributed by atoms with E-state index in [4.69, 9.17) is 11.6 Å². The van der Waals surface area contributed by atoms with Gasteiger partial charge in [0, 0.05) is 12.4 Å². The second-order valence-electron chi connectivity index (χ2n) is 1.48. The van der Waals surface area contributed by atoms with Crippen molar-refractivity contribution in [2.24, 2.45) is 0 Å². The fourth-order valence-corrected chi connectivity index (χ4v) is 0.682. The molecule has 0 saturated heterocycles. The highest BCUT2D eigenvalue weighted by Gasteiger charge is 1.90. The summed E-state index contributed by atoms with van der Waals surface area (Å²) in [6, 6.07) is 0. The monoisotopic (exact) mass is 160 g/mol. The predicted molar refractivity (Wildman–Crippen MR) is 39.7 cm³/mol. The van der Waals surface area contributed by atoms with Crippen molar-refractivity contribution in [3.8, 4) is 0 Å². The quantitative estimate of drug-likeness (QED) is 0.631. The molecule has 1 heterocycles. The van der Waals surface area contributed by atoms with Gasteiger partial charge in [-0.05, 0) is 0 Å². The lowest BCUT2D eigenvalue weighted by Crippen LogP contribution is -1.87. The minimum atomic E-state index is 0.553. The van der Waals surface area contributed by atoms with E-state index in [-0.39, 0.29) is 0 Å². The Morgan fingerprint density at radius 1 is 1.44 bits per heavy atom. The van der Waals surface area contributed by atoms with Crippen molar-refractivity contribution in [2.45, 2.75) is 5.75 Å². The average molecular weight is 161 g/mol. The Labute approximate surface area is 63.7 Å². The van der Waals surface area contributed by atoms with Crippen LogP contribution in [0.5, 0.6) is 0 Å². The fourth-order valence-electron chi connectivity index (χ4n) is 0.421. The molecular weight excluding hydrogens is 156 g/mol. The molecule has 0 aliphatic heterocycles. The van der Waals surface area contributed by atoms with Crippen LogP contribution in [-0.2, 0) is 5.75 Å². The first-order valence-corrected chi connectivity index (χ1v) is 3.41. The van der Waals surface area contributed by atoms with Gasteiger partial charge in [-0.25, -0.2) is 9.97 Å². The van der Waals surface area contributed by atoms with Crippen molar-refractivity contribution >= 4 is 24.2 Å². The van der Waals surface area contributed by atoms with E-state index in [9.17, 15) is 0 Å². The van der Waals surface area contributed by atoms with Crippen molar-refractivity contribution in [1.82, 2.24) is 9.97 Å². The molecule has 9 heavy (non-hydrogen) atoms. The molecule has 4 heteroatoms. The largest absolute Gasteiger partial charge is 0.239 e. The predicted octanol–water partition coefficient (Wildman–Crippen LogP) is 1.56. The summed E-state index contributed by atoms with van der Waals surface area (Å²) in [6.45, 7) is 0. The van der Waals surface area contributed by atoms with E-state index >= 15 is 0 Å². The summed E-state index contributed by atoms with van der Waals surface area (Å²) in [5.74, 6) is 1.25. The number of hydrogen-bond donors (Lipinski definition) is 1. The summed E-state index contributed by atoms with van der Waals surface area (Å²) in [4.78, 5) is 7.75. The lowest BCUT2D eigenvalue weighted by molar-refractivity contribution is 1.04. The second-order valence-corrected chi connectivity index (χ2v) is 2.23. The van der Waals surface area contributed by atoms with E-state index in [1.165, 1.54) is 0 Å². The summed E-state index contributed by atoms with van der Waals surface area (Å²) in [7, 11) is 0. The Bertz CT molecular complexity index is 187. The molecule has 1 aromatic heterocycles. The number of nitrogens with zero attached hydrogens (tertiary/aromatic N) is 2. The zero-order chi connectivity index (χ0) is 6.69. The number of thiol groups is 1. The van der Waals surface area contributed by atoms with Gasteiger partial charge in [0.2, 0.25) is 0 Å². The highest BCUT2D eigenvalue weighted by Crippen LogP contribution is 2.03. The minimum absolute atomic E-state index is 0.553. The molecule has 0 spiro atoms. The molecule has 0 saturated carbocycles. The topological polar surface area (TPSA) is 25.8 Å². The molecule has 0 aliphatic carbocycles. The molecule has 0 N–H and O–H groups in total. The van der Waals surface area contributed by atoms with Crippen LogP contribution in [0.15, 0.2) is 12.4 Å². The molecule has 0 unspecified atom stereocenters. The number of halogens is 1. The van der Waals surface area contributed by atoms with Gasteiger partial charge in [-0.1, -0.05) is 11.6 Å². The van der Waals surface area contributed by atoms with E-state index in [1.807, 2.05) is 0 Å². The van der Waals surface area contributed by atoms with Crippen LogP contribution in [0.4, 0.5) is 0 Å². The average Bonchev–Trinajstić information content (AvgIpc) is 1.90. The van der Waals surface area contributed by atoms with Gasteiger partial charge in [0.15, 0.2) is 0 Å². The lowest BCUT2D eigenvalue weighted by atomic mass is 10.6. The van der Waals surface area contributed by atoms with Crippen molar-refractivity contribution in [3.05, 3.63) is 23.2 Å². The van der Waals surface area contributed by atoms with E-state index in [0.29, 0.717) is 16.6 Å². The first-order valence-electron chi connectivity index (χ1n) is 2.40. The van der Waals surface area contributed by atoms with Gasteiger partial charge in [-0.3, -0.25) is 0 Å². The van der Waals surface area contributed by atoms with Crippen molar-refractivity contribution < 1.29 is 0 Å². The molecule has 0 radical (unpaired) electrons. The van der Waals surface area contributed by atoms with Crippen LogP contribution in [0.2, 0.25) is 5.02 Å². The maximum absolute atomic E-state index is 5.52.